The van der Waals surface area contributed by atoms with Gasteiger partial charge in [-0.15, -0.1) is 0 Å². The molecule has 0 aromatic heterocycles. The molecule has 144 valence electrons. The van der Waals surface area contributed by atoms with Gasteiger partial charge in [-0.3, -0.25) is 9.59 Å². The second kappa shape index (κ2) is 9.19. The molecule has 0 aliphatic carbocycles. The predicted molar refractivity (Wildman–Crippen MR) is 105 cm³/mol. The van der Waals surface area contributed by atoms with Crippen molar-refractivity contribution in [1.82, 2.24) is 5.32 Å². The number of aryl methyl sites for hydroxylation is 1. The zero-order valence-electron chi connectivity index (χ0n) is 15.9. The Labute approximate surface area is 159 Å². The fourth-order valence-electron chi connectivity index (χ4n) is 2.61. The van der Waals surface area contributed by atoms with Crippen LogP contribution in [-0.2, 0) is 22.4 Å². The number of aliphatic hydroxyl groups is 1. The Morgan fingerprint density at radius 2 is 1.59 bits per heavy atom. The molecule has 2 rings (SSSR count). The summed E-state index contributed by atoms with van der Waals surface area (Å²) >= 11 is 0. The van der Waals surface area contributed by atoms with Crippen LogP contribution in [0, 0.1) is 0 Å². The lowest BCUT2D eigenvalue weighted by molar-refractivity contribution is -0.136. The minimum Gasteiger partial charge on any atom is -0.497 e. The van der Waals surface area contributed by atoms with Crippen molar-refractivity contribution in [2.24, 2.45) is 0 Å². The zero-order chi connectivity index (χ0) is 19.9. The van der Waals surface area contributed by atoms with Crippen LogP contribution in [0.15, 0.2) is 48.5 Å². The normalized spacial score (nSPS) is 12.7. The Hall–Kier alpha value is -2.86. The fraction of sp³-hybridized carbons (Fsp3) is 0.333. The molecular weight excluding hydrogens is 344 g/mol. The van der Waals surface area contributed by atoms with Gasteiger partial charge in [0.05, 0.1) is 12.7 Å². The molecule has 0 fully saturated rings. The van der Waals surface area contributed by atoms with Crippen LogP contribution in [-0.4, -0.2) is 36.2 Å². The van der Waals surface area contributed by atoms with Crippen molar-refractivity contribution in [3.63, 3.8) is 0 Å². The molecule has 2 aromatic carbocycles. The molecule has 0 radical (unpaired) electrons. The van der Waals surface area contributed by atoms with Gasteiger partial charge < -0.3 is 20.5 Å². The van der Waals surface area contributed by atoms with Crippen LogP contribution in [0.5, 0.6) is 5.75 Å². The van der Waals surface area contributed by atoms with Gasteiger partial charge in [0.1, 0.15) is 5.75 Å². The van der Waals surface area contributed by atoms with Crippen molar-refractivity contribution in [3.05, 3.63) is 59.7 Å². The van der Waals surface area contributed by atoms with Gasteiger partial charge in [-0.1, -0.05) is 31.2 Å². The van der Waals surface area contributed by atoms with Crippen LogP contribution in [0.4, 0.5) is 5.69 Å². The number of carbonyl (C=O) groups excluding carboxylic acids is 2. The SMILES string of the molecule is CCc1ccc(NC(=O)C(=O)NCC(C)(O)Cc2ccc(OC)cc2)cc1. The van der Waals surface area contributed by atoms with Crippen LogP contribution in [0.3, 0.4) is 0 Å². The van der Waals surface area contributed by atoms with E-state index in [1.165, 1.54) is 0 Å². The number of nitrogens with one attached hydrogen (secondary N) is 2. The molecule has 0 aliphatic rings. The summed E-state index contributed by atoms with van der Waals surface area (Å²) in [5.74, 6) is -0.820. The lowest BCUT2D eigenvalue weighted by Gasteiger charge is -2.23. The summed E-state index contributed by atoms with van der Waals surface area (Å²) < 4.78 is 5.10. The minimum absolute atomic E-state index is 0.0416. The Morgan fingerprint density at radius 1 is 1.00 bits per heavy atom. The summed E-state index contributed by atoms with van der Waals surface area (Å²) in [6.45, 7) is 3.61. The summed E-state index contributed by atoms with van der Waals surface area (Å²) in [5, 5.41) is 15.5. The predicted octanol–water partition coefficient (Wildman–Crippen LogP) is 2.31. The average Bonchev–Trinajstić information content (AvgIpc) is 2.67. The quantitative estimate of drug-likeness (QED) is 0.653. The first-order valence-electron chi connectivity index (χ1n) is 8.86. The van der Waals surface area contributed by atoms with E-state index >= 15 is 0 Å². The molecule has 6 heteroatoms. The Kier molecular flexibility index (Phi) is 6.96. The summed E-state index contributed by atoms with van der Waals surface area (Å²) in [6.07, 6.45) is 1.23. The lowest BCUT2D eigenvalue weighted by Crippen LogP contribution is -2.45. The number of anilines is 1. The number of ether oxygens (including phenoxy) is 1. The molecule has 2 amide bonds. The Morgan fingerprint density at radius 3 is 2.15 bits per heavy atom. The van der Waals surface area contributed by atoms with E-state index in [9.17, 15) is 14.7 Å². The van der Waals surface area contributed by atoms with Gasteiger partial charge in [-0.2, -0.15) is 0 Å². The standard InChI is InChI=1S/C21H26N2O4/c1-4-15-5-9-17(10-6-15)23-20(25)19(24)22-14-21(2,26)13-16-7-11-18(27-3)12-8-16/h5-12,26H,4,13-14H2,1-3H3,(H,22,24)(H,23,25). The number of amides is 2. The highest BCUT2D eigenvalue weighted by Gasteiger charge is 2.24. The molecule has 0 heterocycles. The van der Waals surface area contributed by atoms with Crippen molar-refractivity contribution in [3.8, 4) is 5.75 Å². The van der Waals surface area contributed by atoms with Crippen LogP contribution in [0.25, 0.3) is 0 Å². The maximum absolute atomic E-state index is 12.0. The van der Waals surface area contributed by atoms with E-state index in [1.54, 1.807) is 38.3 Å². The smallest absolute Gasteiger partial charge is 0.313 e. The molecule has 3 N–H and O–H groups in total. The first kappa shape index (κ1) is 20.5. The number of carbonyl (C=O) groups is 2. The summed E-state index contributed by atoms with van der Waals surface area (Å²) in [6, 6.07) is 14.6. The van der Waals surface area contributed by atoms with Crippen LogP contribution in [0.1, 0.15) is 25.0 Å². The second-order valence-electron chi connectivity index (χ2n) is 6.71. The highest BCUT2D eigenvalue weighted by atomic mass is 16.5. The van der Waals surface area contributed by atoms with E-state index in [1.807, 2.05) is 31.2 Å². The van der Waals surface area contributed by atoms with Crippen LogP contribution >= 0.6 is 0 Å². The maximum atomic E-state index is 12.0. The third kappa shape index (κ3) is 6.42. The molecule has 0 aliphatic heterocycles. The van der Waals surface area contributed by atoms with Gasteiger partial charge in [0.2, 0.25) is 0 Å². The van der Waals surface area contributed by atoms with Gasteiger partial charge in [-0.25, -0.2) is 0 Å². The molecule has 1 atom stereocenters. The monoisotopic (exact) mass is 370 g/mol. The number of rotatable bonds is 7. The molecule has 6 nitrogen and oxygen atoms in total. The summed E-state index contributed by atoms with van der Waals surface area (Å²) in [7, 11) is 1.59. The van der Waals surface area contributed by atoms with E-state index < -0.39 is 17.4 Å². The largest absolute Gasteiger partial charge is 0.497 e. The van der Waals surface area contributed by atoms with Crippen molar-refractivity contribution in [2.45, 2.75) is 32.3 Å². The zero-order valence-corrected chi connectivity index (χ0v) is 15.9. The van der Waals surface area contributed by atoms with E-state index in [2.05, 4.69) is 10.6 Å². The van der Waals surface area contributed by atoms with Gasteiger partial charge in [0.15, 0.2) is 0 Å². The van der Waals surface area contributed by atoms with E-state index in [-0.39, 0.29) is 6.54 Å². The number of hydrogen-bond donors (Lipinski definition) is 3. The van der Waals surface area contributed by atoms with Crippen LogP contribution < -0.4 is 15.4 Å². The molecule has 0 saturated carbocycles. The Bertz CT molecular complexity index is 768. The highest BCUT2D eigenvalue weighted by molar-refractivity contribution is 6.39. The lowest BCUT2D eigenvalue weighted by atomic mass is 9.96. The van der Waals surface area contributed by atoms with Crippen molar-refractivity contribution in [2.75, 3.05) is 19.0 Å². The van der Waals surface area contributed by atoms with Crippen LogP contribution in [0.2, 0.25) is 0 Å². The molecule has 0 saturated heterocycles. The van der Waals surface area contributed by atoms with E-state index in [4.69, 9.17) is 4.74 Å². The Balaban J connectivity index is 1.85. The highest BCUT2D eigenvalue weighted by Crippen LogP contribution is 2.16. The van der Waals surface area contributed by atoms with Crippen molar-refractivity contribution < 1.29 is 19.4 Å². The molecule has 0 spiro atoms. The average molecular weight is 370 g/mol. The van der Waals surface area contributed by atoms with E-state index in [0.29, 0.717) is 12.1 Å². The summed E-state index contributed by atoms with van der Waals surface area (Å²) in [5.41, 5.74) is 1.41. The fourth-order valence-corrected chi connectivity index (χ4v) is 2.61. The number of hydrogen-bond acceptors (Lipinski definition) is 4. The number of methoxy groups -OCH3 is 1. The first-order valence-corrected chi connectivity index (χ1v) is 8.86. The summed E-state index contributed by atoms with van der Waals surface area (Å²) in [4.78, 5) is 24.0. The van der Waals surface area contributed by atoms with Gasteiger partial charge in [0.25, 0.3) is 0 Å². The topological polar surface area (TPSA) is 87.7 Å². The minimum atomic E-state index is -1.19. The van der Waals surface area contributed by atoms with Gasteiger partial charge >= 0.3 is 11.8 Å². The molecule has 2 aromatic rings. The molecule has 0 bridgehead atoms. The number of benzene rings is 2. The first-order chi connectivity index (χ1) is 12.8. The van der Waals surface area contributed by atoms with Gasteiger partial charge in [-0.05, 0) is 48.7 Å². The second-order valence-corrected chi connectivity index (χ2v) is 6.71. The molecular formula is C21H26N2O4. The maximum Gasteiger partial charge on any atom is 0.313 e. The van der Waals surface area contributed by atoms with Gasteiger partial charge in [0, 0.05) is 18.7 Å². The van der Waals surface area contributed by atoms with Crippen molar-refractivity contribution >= 4 is 17.5 Å². The molecule has 1 unspecified atom stereocenters. The molecule has 27 heavy (non-hydrogen) atoms. The third-order valence-corrected chi connectivity index (χ3v) is 4.20. The van der Waals surface area contributed by atoms with E-state index in [0.717, 1.165) is 23.3 Å². The third-order valence-electron chi connectivity index (χ3n) is 4.20. The van der Waals surface area contributed by atoms with Crippen molar-refractivity contribution in [1.29, 1.82) is 0 Å².